The lowest BCUT2D eigenvalue weighted by Crippen LogP contribution is -2.73. The van der Waals surface area contributed by atoms with Gasteiger partial charge < -0.3 is 20.2 Å². The molecule has 4 aliphatic rings. The molecule has 1 aromatic carbocycles. The van der Waals surface area contributed by atoms with E-state index in [0.29, 0.717) is 31.8 Å². The Bertz CT molecular complexity index is 932. The third-order valence-electron chi connectivity index (χ3n) is 9.86. The van der Waals surface area contributed by atoms with E-state index in [1.165, 1.54) is 5.56 Å². The Kier molecular flexibility index (Phi) is 8.75. The first-order chi connectivity index (χ1) is 18.4. The maximum Gasteiger partial charge on any atom is 0.246 e. The number of piperazine rings is 1. The number of carbonyl (C=O) groups is 2. The van der Waals surface area contributed by atoms with Gasteiger partial charge in [-0.05, 0) is 63.6 Å². The quantitative estimate of drug-likeness (QED) is 0.543. The third kappa shape index (κ3) is 5.95. The van der Waals surface area contributed by atoms with E-state index in [4.69, 9.17) is 0 Å². The van der Waals surface area contributed by atoms with Gasteiger partial charge in [-0.15, -0.1) is 0 Å². The average molecular weight is 525 g/mol. The Balaban J connectivity index is 1.19. The summed E-state index contributed by atoms with van der Waals surface area (Å²) in [7, 11) is 0. The molecule has 0 radical (unpaired) electrons. The fraction of sp³-hybridized carbons (Fsp3) is 0.742. The third-order valence-corrected chi connectivity index (χ3v) is 9.86. The van der Waals surface area contributed by atoms with Gasteiger partial charge in [-0.1, -0.05) is 62.9 Å². The Labute approximate surface area is 228 Å². The van der Waals surface area contributed by atoms with Gasteiger partial charge in [0.15, 0.2) is 0 Å². The summed E-state index contributed by atoms with van der Waals surface area (Å²) in [4.78, 5) is 34.6. The number of unbranched alkanes of at least 4 members (excludes halogenated alkanes) is 1. The maximum absolute atomic E-state index is 13.8. The average Bonchev–Trinajstić information content (AvgIpc) is 2.93. The van der Waals surface area contributed by atoms with E-state index in [0.717, 1.165) is 90.5 Å². The minimum absolute atomic E-state index is 0.00921. The van der Waals surface area contributed by atoms with Gasteiger partial charge in [0.1, 0.15) is 11.6 Å². The highest BCUT2D eigenvalue weighted by Gasteiger charge is 2.54. The maximum atomic E-state index is 13.8. The van der Waals surface area contributed by atoms with Crippen LogP contribution in [0, 0.1) is 0 Å². The number of piperidine rings is 2. The summed E-state index contributed by atoms with van der Waals surface area (Å²) >= 11 is 0. The van der Waals surface area contributed by atoms with E-state index < -0.39 is 17.2 Å². The number of hydrogen-bond donors (Lipinski definition) is 2. The highest BCUT2D eigenvalue weighted by atomic mass is 16.3. The van der Waals surface area contributed by atoms with Crippen LogP contribution in [0.25, 0.3) is 0 Å². The van der Waals surface area contributed by atoms with Crippen LogP contribution in [-0.2, 0) is 16.1 Å². The van der Waals surface area contributed by atoms with Crippen molar-refractivity contribution in [3.05, 3.63) is 35.9 Å². The number of nitrogens with zero attached hydrogens (tertiary/aromatic N) is 3. The summed E-state index contributed by atoms with van der Waals surface area (Å²) in [5, 5.41) is 14.3. The highest BCUT2D eigenvalue weighted by Crippen LogP contribution is 2.38. The minimum atomic E-state index is -0.828. The second-order valence-corrected chi connectivity index (χ2v) is 12.4. The molecule has 3 heterocycles. The SMILES string of the molecule is CCCCN1C(=O)[C@@H](CC2(O)CCCCC2)NC(=O)C12CCN(C1CCN(Cc3ccccc3)CC1)CC2. The number of likely N-dealkylation sites (tertiary alicyclic amines) is 2. The molecule has 3 aliphatic heterocycles. The number of aliphatic hydroxyl groups is 1. The van der Waals surface area contributed by atoms with Gasteiger partial charge in [0, 0.05) is 38.6 Å². The lowest BCUT2D eigenvalue weighted by Gasteiger charge is -2.53. The zero-order chi connectivity index (χ0) is 26.6. The van der Waals surface area contributed by atoms with Crippen LogP contribution in [0.2, 0.25) is 0 Å². The number of rotatable bonds is 8. The summed E-state index contributed by atoms with van der Waals surface area (Å²) in [6.45, 7) is 7.72. The predicted octanol–water partition coefficient (Wildman–Crippen LogP) is 3.70. The minimum Gasteiger partial charge on any atom is -0.390 e. The molecule has 1 spiro atoms. The molecule has 1 saturated carbocycles. The standard InChI is InChI=1S/C31H48N4O3/c1-2-3-18-35-28(36)27(23-30(38)14-8-5-9-15-30)32-29(37)31(35)16-21-34(22-17-31)26-12-19-33(20-13-26)24-25-10-6-4-7-11-25/h4,6-7,10-11,26-27,38H,2-3,5,8-9,12-24H2,1H3,(H,32,37)/t27-/m1/s1. The van der Waals surface area contributed by atoms with Crippen molar-refractivity contribution in [2.45, 2.75) is 114 Å². The molecule has 7 nitrogen and oxygen atoms in total. The molecule has 0 bridgehead atoms. The fourth-order valence-electron chi connectivity index (χ4n) is 7.49. The summed E-state index contributed by atoms with van der Waals surface area (Å²) in [6.07, 6.45) is 10.6. The molecule has 5 rings (SSSR count). The van der Waals surface area contributed by atoms with Crippen molar-refractivity contribution in [2.75, 3.05) is 32.7 Å². The number of amides is 2. The summed E-state index contributed by atoms with van der Waals surface area (Å²) < 4.78 is 0. The monoisotopic (exact) mass is 524 g/mol. The van der Waals surface area contributed by atoms with Crippen LogP contribution in [0.4, 0.5) is 0 Å². The Morgan fingerprint density at radius 2 is 1.63 bits per heavy atom. The smallest absolute Gasteiger partial charge is 0.246 e. The van der Waals surface area contributed by atoms with E-state index in [1.54, 1.807) is 0 Å². The molecule has 2 N–H and O–H groups in total. The molecule has 3 saturated heterocycles. The van der Waals surface area contributed by atoms with Gasteiger partial charge in [0.05, 0.1) is 5.60 Å². The van der Waals surface area contributed by atoms with E-state index in [-0.39, 0.29) is 11.8 Å². The van der Waals surface area contributed by atoms with Crippen molar-refractivity contribution in [1.29, 1.82) is 0 Å². The van der Waals surface area contributed by atoms with E-state index in [2.05, 4.69) is 52.4 Å². The number of carbonyl (C=O) groups excluding carboxylic acids is 2. The molecular formula is C31H48N4O3. The Morgan fingerprint density at radius 1 is 0.947 bits per heavy atom. The number of hydrogen-bond acceptors (Lipinski definition) is 5. The largest absolute Gasteiger partial charge is 0.390 e. The van der Waals surface area contributed by atoms with E-state index in [1.807, 2.05) is 4.90 Å². The first-order valence-electron chi connectivity index (χ1n) is 15.3. The van der Waals surface area contributed by atoms with Gasteiger partial charge in [0.25, 0.3) is 0 Å². The topological polar surface area (TPSA) is 76.1 Å². The summed E-state index contributed by atoms with van der Waals surface area (Å²) in [5.74, 6) is 0.0367. The van der Waals surface area contributed by atoms with Crippen molar-refractivity contribution in [3.63, 3.8) is 0 Å². The zero-order valence-electron chi connectivity index (χ0n) is 23.4. The molecule has 7 heteroatoms. The molecule has 38 heavy (non-hydrogen) atoms. The van der Waals surface area contributed by atoms with Crippen LogP contribution >= 0.6 is 0 Å². The first kappa shape index (κ1) is 27.6. The first-order valence-corrected chi connectivity index (χ1v) is 15.3. The van der Waals surface area contributed by atoms with Crippen molar-refractivity contribution in [2.24, 2.45) is 0 Å². The molecule has 1 atom stereocenters. The van der Waals surface area contributed by atoms with Crippen LogP contribution in [0.1, 0.15) is 89.5 Å². The van der Waals surface area contributed by atoms with Crippen molar-refractivity contribution in [1.82, 2.24) is 20.0 Å². The van der Waals surface area contributed by atoms with Crippen molar-refractivity contribution >= 4 is 11.8 Å². The van der Waals surface area contributed by atoms with E-state index >= 15 is 0 Å². The molecule has 4 fully saturated rings. The summed E-state index contributed by atoms with van der Waals surface area (Å²) in [5.41, 5.74) is -0.187. The van der Waals surface area contributed by atoms with Gasteiger partial charge in [0.2, 0.25) is 11.8 Å². The van der Waals surface area contributed by atoms with Crippen molar-refractivity contribution < 1.29 is 14.7 Å². The lowest BCUT2D eigenvalue weighted by atomic mass is 9.77. The molecule has 1 aromatic rings. The normalized spacial score (nSPS) is 27.0. The van der Waals surface area contributed by atoms with Crippen LogP contribution < -0.4 is 5.32 Å². The molecular weight excluding hydrogens is 476 g/mol. The van der Waals surface area contributed by atoms with Gasteiger partial charge in [-0.3, -0.25) is 14.5 Å². The van der Waals surface area contributed by atoms with Gasteiger partial charge in [-0.25, -0.2) is 0 Å². The zero-order valence-corrected chi connectivity index (χ0v) is 23.4. The predicted molar refractivity (Wildman–Crippen MR) is 149 cm³/mol. The van der Waals surface area contributed by atoms with Gasteiger partial charge in [-0.2, -0.15) is 0 Å². The van der Waals surface area contributed by atoms with Crippen LogP contribution in [0.15, 0.2) is 30.3 Å². The second-order valence-electron chi connectivity index (χ2n) is 12.4. The van der Waals surface area contributed by atoms with Crippen LogP contribution in [0.5, 0.6) is 0 Å². The molecule has 0 aromatic heterocycles. The van der Waals surface area contributed by atoms with Crippen LogP contribution in [-0.4, -0.2) is 87.6 Å². The molecule has 0 unspecified atom stereocenters. The van der Waals surface area contributed by atoms with E-state index in [9.17, 15) is 14.7 Å². The lowest BCUT2D eigenvalue weighted by molar-refractivity contribution is -0.164. The van der Waals surface area contributed by atoms with Crippen LogP contribution in [0.3, 0.4) is 0 Å². The van der Waals surface area contributed by atoms with Crippen molar-refractivity contribution in [3.8, 4) is 0 Å². The van der Waals surface area contributed by atoms with Gasteiger partial charge >= 0.3 is 0 Å². The number of nitrogens with one attached hydrogen (secondary N) is 1. The highest BCUT2D eigenvalue weighted by molar-refractivity contribution is 6.00. The fourth-order valence-corrected chi connectivity index (χ4v) is 7.49. The Morgan fingerprint density at radius 3 is 2.29 bits per heavy atom. The molecule has 2 amide bonds. The number of benzene rings is 1. The molecule has 1 aliphatic carbocycles. The Hall–Kier alpha value is -1.96. The summed E-state index contributed by atoms with van der Waals surface area (Å²) in [6, 6.07) is 10.7. The second kappa shape index (κ2) is 12.1. The molecule has 210 valence electrons.